The summed E-state index contributed by atoms with van der Waals surface area (Å²) in [6.45, 7) is 3.27. The van der Waals surface area contributed by atoms with Crippen LogP contribution < -0.4 is 20.3 Å². The maximum absolute atomic E-state index is 12.9. The van der Waals surface area contributed by atoms with Gasteiger partial charge in [0.15, 0.2) is 16.6 Å². The highest BCUT2D eigenvalue weighted by atomic mass is 32.1. The van der Waals surface area contributed by atoms with Crippen LogP contribution in [0.25, 0.3) is 10.9 Å². The van der Waals surface area contributed by atoms with E-state index in [1.54, 1.807) is 20.3 Å². The SMILES string of the molecule is COc1cc2cc(CN(C[C@H]3CCCO3)C(=S)NC[C@@H]3CCCO3)c(=O)[nH]c2cc1OC. The van der Waals surface area contributed by atoms with Gasteiger partial charge in [-0.25, -0.2) is 0 Å². The molecule has 0 spiro atoms. The molecule has 2 fully saturated rings. The zero-order chi connectivity index (χ0) is 22.5. The molecule has 2 aliphatic rings. The number of ether oxygens (including phenoxy) is 4. The van der Waals surface area contributed by atoms with Crippen molar-refractivity contribution in [2.45, 2.75) is 44.4 Å². The molecule has 0 unspecified atom stereocenters. The summed E-state index contributed by atoms with van der Waals surface area (Å²) in [4.78, 5) is 17.9. The summed E-state index contributed by atoms with van der Waals surface area (Å²) in [5.74, 6) is 1.19. The molecule has 8 nitrogen and oxygen atoms in total. The zero-order valence-corrected chi connectivity index (χ0v) is 19.5. The minimum atomic E-state index is -0.149. The number of thiocarbonyl (C=S) groups is 1. The second kappa shape index (κ2) is 10.5. The molecule has 4 rings (SSSR count). The second-order valence-electron chi connectivity index (χ2n) is 8.25. The van der Waals surface area contributed by atoms with Crippen LogP contribution in [-0.4, -0.2) is 67.7 Å². The Hall–Kier alpha value is -2.36. The third-order valence-corrected chi connectivity index (χ3v) is 6.43. The van der Waals surface area contributed by atoms with Crippen molar-refractivity contribution in [3.05, 3.63) is 34.1 Å². The van der Waals surface area contributed by atoms with Crippen molar-refractivity contribution < 1.29 is 18.9 Å². The van der Waals surface area contributed by atoms with E-state index >= 15 is 0 Å². The Morgan fingerprint density at radius 2 is 1.81 bits per heavy atom. The molecular formula is C23H31N3O5S. The minimum absolute atomic E-state index is 0.112. The molecule has 2 atom stereocenters. The first kappa shape index (κ1) is 22.8. The van der Waals surface area contributed by atoms with Crippen LogP contribution >= 0.6 is 12.2 Å². The van der Waals surface area contributed by atoms with Gasteiger partial charge in [-0.3, -0.25) is 4.79 Å². The smallest absolute Gasteiger partial charge is 0.253 e. The highest BCUT2D eigenvalue weighted by Crippen LogP contribution is 2.31. The highest BCUT2D eigenvalue weighted by molar-refractivity contribution is 7.80. The number of methoxy groups -OCH3 is 2. The number of aromatic nitrogens is 1. The first-order valence-corrected chi connectivity index (χ1v) is 11.5. The normalized spacial score (nSPS) is 20.4. The molecule has 174 valence electrons. The lowest BCUT2D eigenvalue weighted by atomic mass is 10.1. The summed E-state index contributed by atoms with van der Waals surface area (Å²) in [7, 11) is 3.17. The van der Waals surface area contributed by atoms with E-state index in [1.807, 2.05) is 17.0 Å². The van der Waals surface area contributed by atoms with Gasteiger partial charge in [-0.1, -0.05) is 0 Å². The van der Waals surface area contributed by atoms with Gasteiger partial charge in [0.05, 0.1) is 38.5 Å². The Balaban J connectivity index is 1.55. The third kappa shape index (κ3) is 5.33. The number of rotatable bonds is 8. The largest absolute Gasteiger partial charge is 0.493 e. The number of pyridine rings is 1. The van der Waals surface area contributed by atoms with Gasteiger partial charge in [0.1, 0.15) is 0 Å². The first-order valence-electron chi connectivity index (χ1n) is 11.1. The fourth-order valence-electron chi connectivity index (χ4n) is 4.27. The molecule has 2 N–H and O–H groups in total. The molecule has 3 heterocycles. The number of nitrogens with one attached hydrogen (secondary N) is 2. The van der Waals surface area contributed by atoms with Crippen molar-refractivity contribution in [1.82, 2.24) is 15.2 Å². The molecule has 2 saturated heterocycles. The van der Waals surface area contributed by atoms with Crippen molar-refractivity contribution >= 4 is 28.2 Å². The summed E-state index contributed by atoms with van der Waals surface area (Å²) in [5, 5.41) is 4.82. The quantitative estimate of drug-likeness (QED) is 0.581. The number of nitrogens with zero attached hydrogens (tertiary/aromatic N) is 1. The van der Waals surface area contributed by atoms with Gasteiger partial charge in [0, 0.05) is 43.3 Å². The van der Waals surface area contributed by atoms with Crippen LogP contribution in [0.2, 0.25) is 0 Å². The number of fused-ring (bicyclic) bond motifs is 1. The average molecular weight is 462 g/mol. The summed E-state index contributed by atoms with van der Waals surface area (Å²) in [6, 6.07) is 5.53. The Morgan fingerprint density at radius 1 is 1.12 bits per heavy atom. The minimum Gasteiger partial charge on any atom is -0.493 e. The van der Waals surface area contributed by atoms with Gasteiger partial charge < -0.3 is 34.1 Å². The van der Waals surface area contributed by atoms with Crippen LogP contribution in [0.4, 0.5) is 0 Å². The number of benzene rings is 1. The van der Waals surface area contributed by atoms with Crippen LogP contribution in [0.5, 0.6) is 11.5 Å². The fraction of sp³-hybridized carbons (Fsp3) is 0.565. The lowest BCUT2D eigenvalue weighted by molar-refractivity contribution is 0.0885. The van der Waals surface area contributed by atoms with Gasteiger partial charge in [-0.2, -0.15) is 0 Å². The molecule has 0 radical (unpaired) electrons. The van der Waals surface area contributed by atoms with Crippen LogP contribution in [-0.2, 0) is 16.0 Å². The first-order chi connectivity index (χ1) is 15.6. The average Bonchev–Trinajstić information content (AvgIpc) is 3.51. The lowest BCUT2D eigenvalue weighted by Gasteiger charge is -2.28. The highest BCUT2D eigenvalue weighted by Gasteiger charge is 2.23. The van der Waals surface area contributed by atoms with Crippen LogP contribution in [0, 0.1) is 0 Å². The van der Waals surface area contributed by atoms with Crippen molar-refractivity contribution in [2.75, 3.05) is 40.5 Å². The van der Waals surface area contributed by atoms with Gasteiger partial charge in [0.2, 0.25) is 0 Å². The van der Waals surface area contributed by atoms with Crippen LogP contribution in [0.1, 0.15) is 31.2 Å². The Kier molecular flexibility index (Phi) is 7.49. The van der Waals surface area contributed by atoms with Crippen molar-refractivity contribution in [3.63, 3.8) is 0 Å². The van der Waals surface area contributed by atoms with Crippen molar-refractivity contribution in [2.24, 2.45) is 0 Å². The van der Waals surface area contributed by atoms with E-state index in [0.29, 0.717) is 47.3 Å². The summed E-state index contributed by atoms with van der Waals surface area (Å²) >= 11 is 5.71. The monoisotopic (exact) mass is 461 g/mol. The molecule has 1 aromatic heterocycles. The maximum Gasteiger partial charge on any atom is 0.253 e. The number of aromatic amines is 1. The molecule has 2 aromatic rings. The standard InChI is InChI=1S/C23H31N3O5S/c1-28-20-10-15-9-16(22(27)25-19(15)11-21(20)29-2)13-26(14-18-6-4-8-31-18)23(32)24-12-17-5-3-7-30-17/h9-11,17-18H,3-8,12-14H2,1-2H3,(H,24,32)(H,25,27)/t17-,18+/m0/s1. The molecule has 9 heteroatoms. The molecule has 1 aromatic carbocycles. The third-order valence-electron chi connectivity index (χ3n) is 6.03. The molecule has 0 amide bonds. The van der Waals surface area contributed by atoms with E-state index in [-0.39, 0.29) is 17.8 Å². The van der Waals surface area contributed by atoms with E-state index in [9.17, 15) is 4.79 Å². The van der Waals surface area contributed by atoms with Gasteiger partial charge in [-0.05, 0) is 50.0 Å². The Labute approximate surface area is 193 Å². The number of H-pyrrole nitrogens is 1. The molecule has 32 heavy (non-hydrogen) atoms. The van der Waals surface area contributed by atoms with Gasteiger partial charge >= 0.3 is 0 Å². The van der Waals surface area contributed by atoms with Crippen LogP contribution in [0.15, 0.2) is 23.0 Å². The van der Waals surface area contributed by atoms with Crippen molar-refractivity contribution in [1.29, 1.82) is 0 Å². The maximum atomic E-state index is 12.9. The molecule has 0 bridgehead atoms. The number of hydrogen-bond donors (Lipinski definition) is 2. The molecule has 0 aliphatic carbocycles. The fourth-order valence-corrected chi connectivity index (χ4v) is 4.50. The Bertz CT molecular complexity index is 999. The predicted molar refractivity (Wildman–Crippen MR) is 127 cm³/mol. The molecular weight excluding hydrogens is 430 g/mol. The van der Waals surface area contributed by atoms with Crippen molar-refractivity contribution in [3.8, 4) is 11.5 Å². The summed E-state index contributed by atoms with van der Waals surface area (Å²) < 4.78 is 22.3. The summed E-state index contributed by atoms with van der Waals surface area (Å²) in [5.41, 5.74) is 1.18. The van der Waals surface area contributed by atoms with E-state index < -0.39 is 0 Å². The zero-order valence-electron chi connectivity index (χ0n) is 18.6. The topological polar surface area (TPSA) is 85.1 Å². The summed E-state index contributed by atoms with van der Waals surface area (Å²) in [6.07, 6.45) is 4.46. The van der Waals surface area contributed by atoms with Gasteiger partial charge in [0.25, 0.3) is 5.56 Å². The molecule has 0 saturated carbocycles. The van der Waals surface area contributed by atoms with E-state index in [0.717, 1.165) is 44.3 Å². The predicted octanol–water partition coefficient (Wildman–Crippen LogP) is 2.58. The second-order valence-corrected chi connectivity index (χ2v) is 8.64. The lowest BCUT2D eigenvalue weighted by Crippen LogP contribution is -2.45. The van der Waals surface area contributed by atoms with E-state index in [1.165, 1.54) is 0 Å². The number of hydrogen-bond acceptors (Lipinski definition) is 6. The molecule has 2 aliphatic heterocycles. The Morgan fingerprint density at radius 3 is 2.47 bits per heavy atom. The van der Waals surface area contributed by atoms with E-state index in [4.69, 9.17) is 31.2 Å². The van der Waals surface area contributed by atoms with Crippen LogP contribution in [0.3, 0.4) is 0 Å². The van der Waals surface area contributed by atoms with Gasteiger partial charge in [-0.15, -0.1) is 0 Å². The van der Waals surface area contributed by atoms with E-state index in [2.05, 4.69) is 10.3 Å².